The first-order valence-electron chi connectivity index (χ1n) is 9.35. The van der Waals surface area contributed by atoms with Gasteiger partial charge in [-0.25, -0.2) is 0 Å². The first kappa shape index (κ1) is 17.1. The number of hydrogen-bond donors (Lipinski definition) is 1. The van der Waals surface area contributed by atoms with E-state index in [4.69, 9.17) is 0 Å². The lowest BCUT2D eigenvalue weighted by Gasteiger charge is -2.29. The predicted molar refractivity (Wildman–Crippen MR) is 104 cm³/mol. The third-order valence-electron chi connectivity index (χ3n) is 5.61. The molecule has 3 heterocycles. The van der Waals surface area contributed by atoms with Crippen LogP contribution in [0.3, 0.4) is 0 Å². The van der Waals surface area contributed by atoms with Gasteiger partial charge in [-0.05, 0) is 23.6 Å². The van der Waals surface area contributed by atoms with Gasteiger partial charge in [0.1, 0.15) is 0 Å². The van der Waals surface area contributed by atoms with E-state index in [9.17, 15) is 4.79 Å². The summed E-state index contributed by atoms with van der Waals surface area (Å²) in [5.41, 5.74) is 3.30. The lowest BCUT2D eigenvalue weighted by atomic mass is 9.89. The lowest BCUT2D eigenvalue weighted by molar-refractivity contribution is -0.122. The van der Waals surface area contributed by atoms with E-state index in [1.807, 2.05) is 41.2 Å². The van der Waals surface area contributed by atoms with Crippen molar-refractivity contribution in [1.29, 1.82) is 0 Å². The molecule has 6 heteroatoms. The molecule has 26 heavy (non-hydrogen) atoms. The van der Waals surface area contributed by atoms with Gasteiger partial charge in [0.2, 0.25) is 5.91 Å². The zero-order valence-corrected chi connectivity index (χ0v) is 15.7. The average molecular weight is 353 g/mol. The molecule has 6 nitrogen and oxygen atoms in total. The molecule has 1 fully saturated rings. The fraction of sp³-hybridized carbons (Fsp3) is 0.500. The first-order chi connectivity index (χ1) is 12.5. The highest BCUT2D eigenvalue weighted by molar-refractivity contribution is 5.99. The highest BCUT2D eigenvalue weighted by Crippen LogP contribution is 2.36. The van der Waals surface area contributed by atoms with Gasteiger partial charge in [0.05, 0.1) is 23.5 Å². The second kappa shape index (κ2) is 6.76. The molecule has 1 amide bonds. The maximum Gasteiger partial charge on any atom is 0.232 e. The number of benzene rings is 1. The molecule has 1 N–H and O–H groups in total. The van der Waals surface area contributed by atoms with Gasteiger partial charge in [-0.15, -0.1) is 0 Å². The Bertz CT molecular complexity index is 801. The van der Waals surface area contributed by atoms with Gasteiger partial charge in [-0.3, -0.25) is 9.48 Å². The van der Waals surface area contributed by atoms with Crippen molar-refractivity contribution in [2.24, 2.45) is 18.9 Å². The van der Waals surface area contributed by atoms with E-state index in [-0.39, 0.29) is 17.7 Å². The van der Waals surface area contributed by atoms with Crippen molar-refractivity contribution in [2.75, 3.05) is 43.0 Å². The predicted octanol–water partition coefficient (Wildman–Crippen LogP) is 1.84. The number of amides is 1. The standard InChI is InChI=1S/C20H27N5O/c1-14-11-23(2)18-6-4-5-7-19(18)25(12-14)20(26)17-10-21-9-16(17)15-8-22-24(3)13-15/h4-8,13-14,16-17,21H,9-12H2,1-3H3/t14?,16-,17+/m1/s1. The molecule has 0 saturated carbocycles. The number of nitrogens with one attached hydrogen (secondary N) is 1. The molecule has 1 unspecified atom stereocenters. The minimum Gasteiger partial charge on any atom is -0.373 e. The van der Waals surface area contributed by atoms with Crippen LogP contribution in [0.2, 0.25) is 0 Å². The number of rotatable bonds is 2. The van der Waals surface area contributed by atoms with Gasteiger partial charge in [0, 0.05) is 52.4 Å². The van der Waals surface area contributed by atoms with Crippen LogP contribution in [-0.4, -0.2) is 48.9 Å². The maximum atomic E-state index is 13.6. The third-order valence-corrected chi connectivity index (χ3v) is 5.61. The summed E-state index contributed by atoms with van der Waals surface area (Å²) in [4.78, 5) is 17.9. The molecule has 3 atom stereocenters. The van der Waals surface area contributed by atoms with Crippen LogP contribution in [-0.2, 0) is 11.8 Å². The molecule has 0 aliphatic carbocycles. The summed E-state index contributed by atoms with van der Waals surface area (Å²) < 4.78 is 1.81. The summed E-state index contributed by atoms with van der Waals surface area (Å²) >= 11 is 0. The summed E-state index contributed by atoms with van der Waals surface area (Å²) in [5.74, 6) is 0.767. The number of aromatic nitrogens is 2. The van der Waals surface area contributed by atoms with Crippen molar-refractivity contribution in [2.45, 2.75) is 12.8 Å². The number of aryl methyl sites for hydroxylation is 1. The Hall–Kier alpha value is -2.34. The van der Waals surface area contributed by atoms with Gasteiger partial charge in [0.15, 0.2) is 0 Å². The van der Waals surface area contributed by atoms with Crippen LogP contribution in [0, 0.1) is 11.8 Å². The number of anilines is 2. The Labute approximate surface area is 154 Å². The maximum absolute atomic E-state index is 13.6. The Morgan fingerprint density at radius 1 is 1.15 bits per heavy atom. The van der Waals surface area contributed by atoms with Crippen LogP contribution in [0.25, 0.3) is 0 Å². The summed E-state index contributed by atoms with van der Waals surface area (Å²) in [6.07, 6.45) is 3.93. The normalized spacial score (nSPS) is 25.9. The topological polar surface area (TPSA) is 53.4 Å². The molecule has 0 radical (unpaired) electrons. The average Bonchev–Trinajstić information content (AvgIpc) is 3.25. The Balaban J connectivity index is 1.67. The molecule has 1 saturated heterocycles. The monoisotopic (exact) mass is 353 g/mol. The second-order valence-electron chi connectivity index (χ2n) is 7.74. The molecule has 2 aromatic rings. The van der Waals surface area contributed by atoms with Crippen LogP contribution in [0.15, 0.2) is 36.7 Å². The largest absolute Gasteiger partial charge is 0.373 e. The Morgan fingerprint density at radius 2 is 1.92 bits per heavy atom. The van der Waals surface area contributed by atoms with Gasteiger partial charge in [0.25, 0.3) is 0 Å². The van der Waals surface area contributed by atoms with E-state index in [1.165, 1.54) is 0 Å². The summed E-state index contributed by atoms with van der Waals surface area (Å²) in [6.45, 7) is 5.48. The lowest BCUT2D eigenvalue weighted by Crippen LogP contribution is -2.41. The minimum atomic E-state index is -0.0529. The van der Waals surface area contributed by atoms with Crippen molar-refractivity contribution < 1.29 is 4.79 Å². The first-order valence-corrected chi connectivity index (χ1v) is 9.35. The molecule has 1 aromatic carbocycles. The SMILES string of the molecule is CC1CN(C)c2ccccc2N(C(=O)[C@H]2CNC[C@@H]2c2cnn(C)c2)C1. The second-order valence-corrected chi connectivity index (χ2v) is 7.74. The Kier molecular flexibility index (Phi) is 4.44. The minimum absolute atomic E-state index is 0.0529. The molecule has 0 spiro atoms. The third kappa shape index (κ3) is 2.98. The van der Waals surface area contributed by atoms with Crippen molar-refractivity contribution in [1.82, 2.24) is 15.1 Å². The van der Waals surface area contributed by atoms with Gasteiger partial charge >= 0.3 is 0 Å². The van der Waals surface area contributed by atoms with Gasteiger partial charge in [-0.2, -0.15) is 5.10 Å². The Morgan fingerprint density at radius 3 is 2.65 bits per heavy atom. The summed E-state index contributed by atoms with van der Waals surface area (Å²) in [7, 11) is 4.03. The number of para-hydroxylation sites is 2. The van der Waals surface area contributed by atoms with Gasteiger partial charge < -0.3 is 15.1 Å². The van der Waals surface area contributed by atoms with E-state index >= 15 is 0 Å². The van der Waals surface area contributed by atoms with Crippen molar-refractivity contribution in [3.8, 4) is 0 Å². The molecule has 1 aromatic heterocycles. The van der Waals surface area contributed by atoms with E-state index in [0.29, 0.717) is 5.92 Å². The van der Waals surface area contributed by atoms with E-state index in [0.717, 1.165) is 43.1 Å². The zero-order valence-electron chi connectivity index (χ0n) is 15.7. The number of fused-ring (bicyclic) bond motifs is 1. The number of carbonyl (C=O) groups is 1. The smallest absolute Gasteiger partial charge is 0.232 e. The molecule has 2 aliphatic rings. The fourth-order valence-electron chi connectivity index (χ4n) is 4.38. The van der Waals surface area contributed by atoms with E-state index in [2.05, 4.69) is 41.4 Å². The van der Waals surface area contributed by atoms with Crippen LogP contribution in [0.4, 0.5) is 11.4 Å². The highest BCUT2D eigenvalue weighted by atomic mass is 16.2. The van der Waals surface area contributed by atoms with Crippen molar-refractivity contribution in [3.63, 3.8) is 0 Å². The summed E-state index contributed by atoms with van der Waals surface area (Å²) in [5, 5.41) is 7.71. The highest BCUT2D eigenvalue weighted by Gasteiger charge is 2.39. The quantitative estimate of drug-likeness (QED) is 0.895. The fourth-order valence-corrected chi connectivity index (χ4v) is 4.38. The van der Waals surface area contributed by atoms with E-state index in [1.54, 1.807) is 0 Å². The van der Waals surface area contributed by atoms with Crippen molar-refractivity contribution in [3.05, 3.63) is 42.2 Å². The summed E-state index contributed by atoms with van der Waals surface area (Å²) in [6, 6.07) is 8.25. The zero-order chi connectivity index (χ0) is 18.3. The number of carbonyl (C=O) groups excluding carboxylic acids is 1. The van der Waals surface area contributed by atoms with Crippen LogP contribution < -0.4 is 15.1 Å². The van der Waals surface area contributed by atoms with Crippen LogP contribution in [0.1, 0.15) is 18.4 Å². The van der Waals surface area contributed by atoms with Crippen molar-refractivity contribution >= 4 is 17.3 Å². The molecular formula is C20H27N5O. The number of nitrogens with zero attached hydrogens (tertiary/aromatic N) is 4. The van der Waals surface area contributed by atoms with Gasteiger partial charge in [-0.1, -0.05) is 19.1 Å². The van der Waals surface area contributed by atoms with E-state index < -0.39 is 0 Å². The van der Waals surface area contributed by atoms with Crippen LogP contribution in [0.5, 0.6) is 0 Å². The van der Waals surface area contributed by atoms with Crippen LogP contribution >= 0.6 is 0 Å². The molecule has 4 rings (SSSR count). The molecule has 0 bridgehead atoms. The molecule has 2 aliphatic heterocycles. The number of hydrogen-bond acceptors (Lipinski definition) is 4. The molecule has 138 valence electrons. The molecular weight excluding hydrogens is 326 g/mol.